The van der Waals surface area contributed by atoms with Gasteiger partial charge < -0.3 is 19.5 Å². The molecule has 2 amide bonds. The number of fused-ring (bicyclic) bond motifs is 1. The largest absolute Gasteiger partial charge is 0.459 e. The lowest BCUT2D eigenvalue weighted by atomic mass is 9.91. The van der Waals surface area contributed by atoms with Gasteiger partial charge in [0.2, 0.25) is 5.91 Å². The van der Waals surface area contributed by atoms with Crippen LogP contribution in [0, 0.1) is 5.41 Å². The van der Waals surface area contributed by atoms with E-state index >= 15 is 0 Å². The lowest BCUT2D eigenvalue weighted by Gasteiger charge is -2.36. The molecule has 1 aromatic heterocycles. The maximum atomic E-state index is 13.1. The van der Waals surface area contributed by atoms with Gasteiger partial charge in [0.1, 0.15) is 6.04 Å². The molecule has 0 fully saturated rings. The van der Waals surface area contributed by atoms with Gasteiger partial charge in [-0.25, -0.2) is 0 Å². The number of nitrogens with zero attached hydrogens (tertiary/aromatic N) is 2. The molecule has 0 saturated heterocycles. The van der Waals surface area contributed by atoms with E-state index in [1.165, 1.54) is 6.26 Å². The summed E-state index contributed by atoms with van der Waals surface area (Å²) in [6.45, 7) is 6.04. The molecular weight excluding hydrogens is 354 g/mol. The van der Waals surface area contributed by atoms with Crippen LogP contribution in [0.5, 0.6) is 0 Å². The van der Waals surface area contributed by atoms with Gasteiger partial charge in [0.25, 0.3) is 5.91 Å². The van der Waals surface area contributed by atoms with Crippen molar-refractivity contribution in [1.29, 1.82) is 0 Å². The summed E-state index contributed by atoms with van der Waals surface area (Å²) in [7, 11) is 4.04. The van der Waals surface area contributed by atoms with Crippen molar-refractivity contribution >= 4 is 11.8 Å². The third-order valence-corrected chi connectivity index (χ3v) is 5.03. The Kier molecular flexibility index (Phi) is 5.89. The Labute approximate surface area is 166 Å². The van der Waals surface area contributed by atoms with Crippen LogP contribution in [-0.4, -0.2) is 54.8 Å². The molecule has 2 heterocycles. The second kappa shape index (κ2) is 8.19. The molecular formula is C22H29N3O3. The average Bonchev–Trinajstić information content (AvgIpc) is 3.18. The number of rotatable bonds is 6. The summed E-state index contributed by atoms with van der Waals surface area (Å²) in [6.07, 6.45) is 1.98. The van der Waals surface area contributed by atoms with E-state index in [0.29, 0.717) is 19.5 Å². The Bertz CT molecular complexity index is 827. The molecule has 1 aliphatic heterocycles. The van der Waals surface area contributed by atoms with Gasteiger partial charge in [-0.15, -0.1) is 0 Å². The van der Waals surface area contributed by atoms with Crippen molar-refractivity contribution in [3.05, 3.63) is 59.5 Å². The van der Waals surface area contributed by atoms with Gasteiger partial charge >= 0.3 is 0 Å². The molecule has 0 radical (unpaired) electrons. The predicted octanol–water partition coefficient (Wildman–Crippen LogP) is 2.55. The number of amides is 2. The zero-order valence-corrected chi connectivity index (χ0v) is 17.1. The molecule has 1 unspecified atom stereocenters. The van der Waals surface area contributed by atoms with Crippen LogP contribution in [0.4, 0.5) is 0 Å². The molecule has 6 heteroatoms. The maximum Gasteiger partial charge on any atom is 0.290 e. The third-order valence-electron chi connectivity index (χ3n) is 5.03. The van der Waals surface area contributed by atoms with E-state index in [2.05, 4.69) is 24.1 Å². The van der Waals surface area contributed by atoms with Crippen molar-refractivity contribution in [2.24, 2.45) is 5.41 Å². The molecule has 2 aromatic rings. The summed E-state index contributed by atoms with van der Waals surface area (Å²) >= 11 is 0. The summed E-state index contributed by atoms with van der Waals surface area (Å²) in [4.78, 5) is 29.8. The van der Waals surface area contributed by atoms with Crippen LogP contribution in [0.15, 0.2) is 47.1 Å². The van der Waals surface area contributed by atoms with Crippen LogP contribution >= 0.6 is 0 Å². The summed E-state index contributed by atoms with van der Waals surface area (Å²) in [5.41, 5.74) is 2.11. The molecule has 1 atom stereocenters. The topological polar surface area (TPSA) is 65.8 Å². The van der Waals surface area contributed by atoms with Crippen molar-refractivity contribution in [1.82, 2.24) is 15.1 Å². The highest BCUT2D eigenvalue weighted by atomic mass is 16.3. The van der Waals surface area contributed by atoms with E-state index in [0.717, 1.165) is 17.7 Å². The maximum absolute atomic E-state index is 13.1. The van der Waals surface area contributed by atoms with Gasteiger partial charge in [0, 0.05) is 26.1 Å². The molecule has 1 N–H and O–H groups in total. The zero-order valence-electron chi connectivity index (χ0n) is 17.1. The molecule has 6 nitrogen and oxygen atoms in total. The van der Waals surface area contributed by atoms with Gasteiger partial charge in [-0.1, -0.05) is 38.1 Å². The molecule has 0 saturated carbocycles. The minimum Gasteiger partial charge on any atom is -0.459 e. The quantitative estimate of drug-likeness (QED) is 0.833. The van der Waals surface area contributed by atoms with Gasteiger partial charge in [0.15, 0.2) is 5.76 Å². The first-order valence-corrected chi connectivity index (χ1v) is 9.60. The van der Waals surface area contributed by atoms with Crippen LogP contribution in [0.1, 0.15) is 35.5 Å². The van der Waals surface area contributed by atoms with E-state index < -0.39 is 6.04 Å². The van der Waals surface area contributed by atoms with Crippen molar-refractivity contribution in [2.75, 3.05) is 27.2 Å². The minimum absolute atomic E-state index is 0.0679. The summed E-state index contributed by atoms with van der Waals surface area (Å²) in [5, 5.41) is 3.07. The first-order chi connectivity index (χ1) is 13.3. The fourth-order valence-electron chi connectivity index (χ4n) is 3.87. The number of carbonyl (C=O) groups excluding carboxylic acids is 2. The van der Waals surface area contributed by atoms with Crippen LogP contribution in [-0.2, 0) is 17.8 Å². The van der Waals surface area contributed by atoms with E-state index in [1.54, 1.807) is 17.0 Å². The highest BCUT2D eigenvalue weighted by molar-refractivity contribution is 5.96. The standard InChI is InChI=1S/C22H29N3O3/c1-22(2,15-24(3)4)14-23-20(26)18-12-16-8-5-6-9-17(16)13-25(18)21(27)19-10-7-11-28-19/h5-11,18H,12-15H2,1-4H3,(H,23,26). The Balaban J connectivity index is 1.79. The Hall–Kier alpha value is -2.60. The van der Waals surface area contributed by atoms with Crippen LogP contribution in [0.2, 0.25) is 0 Å². The molecule has 1 aliphatic rings. The zero-order chi connectivity index (χ0) is 20.3. The number of carbonyl (C=O) groups is 2. The third kappa shape index (κ3) is 4.62. The van der Waals surface area contributed by atoms with Crippen LogP contribution < -0.4 is 5.32 Å². The minimum atomic E-state index is -0.553. The highest BCUT2D eigenvalue weighted by Crippen LogP contribution is 2.25. The first-order valence-electron chi connectivity index (χ1n) is 9.60. The molecule has 0 spiro atoms. The van der Waals surface area contributed by atoms with Crippen molar-refractivity contribution < 1.29 is 14.0 Å². The first kappa shape index (κ1) is 20.1. The Morgan fingerprint density at radius 3 is 2.54 bits per heavy atom. The number of hydrogen-bond acceptors (Lipinski definition) is 4. The molecule has 0 bridgehead atoms. The SMILES string of the molecule is CN(C)CC(C)(C)CNC(=O)C1Cc2ccccc2CN1C(=O)c1ccco1. The lowest BCUT2D eigenvalue weighted by molar-refractivity contribution is -0.126. The van der Waals surface area contributed by atoms with E-state index in [4.69, 9.17) is 4.42 Å². The van der Waals surface area contributed by atoms with E-state index in [-0.39, 0.29) is 23.0 Å². The summed E-state index contributed by atoms with van der Waals surface area (Å²) in [5.74, 6) is -0.126. The highest BCUT2D eigenvalue weighted by Gasteiger charge is 2.36. The van der Waals surface area contributed by atoms with E-state index in [9.17, 15) is 9.59 Å². The monoisotopic (exact) mass is 383 g/mol. The van der Waals surface area contributed by atoms with Gasteiger partial charge in [-0.3, -0.25) is 9.59 Å². The molecule has 0 aliphatic carbocycles. The number of furan rings is 1. The second-order valence-corrected chi connectivity index (χ2v) is 8.52. The van der Waals surface area contributed by atoms with Crippen molar-refractivity contribution in [3.63, 3.8) is 0 Å². The Morgan fingerprint density at radius 1 is 1.18 bits per heavy atom. The summed E-state index contributed by atoms with van der Waals surface area (Å²) in [6, 6.07) is 10.7. The van der Waals surface area contributed by atoms with Gasteiger partial charge in [-0.2, -0.15) is 0 Å². The molecule has 1 aromatic carbocycles. The number of nitrogens with one attached hydrogen (secondary N) is 1. The molecule has 28 heavy (non-hydrogen) atoms. The van der Waals surface area contributed by atoms with Gasteiger partial charge in [-0.05, 0) is 42.8 Å². The van der Waals surface area contributed by atoms with Crippen molar-refractivity contribution in [2.45, 2.75) is 32.9 Å². The van der Waals surface area contributed by atoms with Crippen LogP contribution in [0.25, 0.3) is 0 Å². The fourth-order valence-corrected chi connectivity index (χ4v) is 3.87. The smallest absolute Gasteiger partial charge is 0.290 e. The molecule has 3 rings (SSSR count). The van der Waals surface area contributed by atoms with Gasteiger partial charge in [0.05, 0.1) is 6.26 Å². The summed E-state index contributed by atoms with van der Waals surface area (Å²) < 4.78 is 5.29. The normalized spacial score (nSPS) is 16.8. The number of hydrogen-bond donors (Lipinski definition) is 1. The van der Waals surface area contributed by atoms with Crippen molar-refractivity contribution in [3.8, 4) is 0 Å². The molecule has 150 valence electrons. The predicted molar refractivity (Wildman–Crippen MR) is 108 cm³/mol. The van der Waals surface area contributed by atoms with Crippen LogP contribution in [0.3, 0.4) is 0 Å². The second-order valence-electron chi connectivity index (χ2n) is 8.52. The Morgan fingerprint density at radius 2 is 1.89 bits per heavy atom. The average molecular weight is 383 g/mol. The fraction of sp³-hybridized carbons (Fsp3) is 0.455. The van der Waals surface area contributed by atoms with E-state index in [1.807, 2.05) is 38.4 Å². The lowest BCUT2D eigenvalue weighted by Crippen LogP contribution is -2.54. The number of benzene rings is 1.